The fourth-order valence-corrected chi connectivity index (χ4v) is 2.60. The zero-order chi connectivity index (χ0) is 18.2. The highest BCUT2D eigenvalue weighted by molar-refractivity contribution is 6.04. The summed E-state index contributed by atoms with van der Waals surface area (Å²) in [5, 5.41) is 5.74. The van der Waals surface area contributed by atoms with Gasteiger partial charge in [-0.3, -0.25) is 9.59 Å². The fraction of sp³-hybridized carbons (Fsp3) is 0.350. The van der Waals surface area contributed by atoms with Gasteiger partial charge in [-0.2, -0.15) is 0 Å². The van der Waals surface area contributed by atoms with E-state index in [1.165, 1.54) is 0 Å². The van der Waals surface area contributed by atoms with Crippen molar-refractivity contribution < 1.29 is 9.59 Å². The van der Waals surface area contributed by atoms with Gasteiger partial charge in [0.15, 0.2) is 0 Å². The van der Waals surface area contributed by atoms with E-state index in [0.717, 1.165) is 36.1 Å². The van der Waals surface area contributed by atoms with Crippen LogP contribution in [0.4, 0.5) is 5.69 Å². The lowest BCUT2D eigenvalue weighted by Gasteiger charge is -2.14. The van der Waals surface area contributed by atoms with Crippen molar-refractivity contribution in [2.24, 2.45) is 0 Å². The lowest BCUT2D eigenvalue weighted by atomic mass is 10.0. The number of aryl methyl sites for hydroxylation is 2. The molecule has 132 valence electrons. The molecule has 2 N–H and O–H groups in total. The van der Waals surface area contributed by atoms with Crippen LogP contribution in [0, 0.1) is 0 Å². The largest absolute Gasteiger partial charge is 0.351 e. The van der Waals surface area contributed by atoms with Crippen molar-refractivity contribution >= 4 is 17.5 Å². The van der Waals surface area contributed by atoms with E-state index in [1.807, 2.05) is 25.1 Å². The zero-order valence-corrected chi connectivity index (χ0v) is 15.1. The number of rotatable bonds is 7. The first kappa shape index (κ1) is 18.6. The van der Waals surface area contributed by atoms with Gasteiger partial charge in [-0.25, -0.2) is 4.98 Å². The standard InChI is InChI=1S/C20H25N3O2/c1-4-13-21-19(24)16-11-8-12-17(22-16)20(25)23-18-14(5-2)9-7-10-15(18)6-3/h7-12H,4-6,13H2,1-3H3,(H,21,24)(H,23,25). The molecule has 0 aliphatic rings. The number of carbonyl (C=O) groups is 2. The summed E-state index contributed by atoms with van der Waals surface area (Å²) in [5.41, 5.74) is 3.51. The number of hydrogen-bond donors (Lipinski definition) is 2. The van der Waals surface area contributed by atoms with Gasteiger partial charge >= 0.3 is 0 Å². The summed E-state index contributed by atoms with van der Waals surface area (Å²) in [5.74, 6) is -0.569. The van der Waals surface area contributed by atoms with Gasteiger partial charge < -0.3 is 10.6 Å². The molecule has 2 aromatic rings. The molecule has 1 heterocycles. The molecule has 2 rings (SSSR count). The van der Waals surface area contributed by atoms with Crippen LogP contribution in [0.3, 0.4) is 0 Å². The van der Waals surface area contributed by atoms with E-state index in [1.54, 1.807) is 18.2 Å². The summed E-state index contributed by atoms with van der Waals surface area (Å²) in [4.78, 5) is 28.9. The first-order chi connectivity index (χ1) is 12.1. The third-order valence-electron chi connectivity index (χ3n) is 3.99. The van der Waals surface area contributed by atoms with E-state index >= 15 is 0 Å². The molecular weight excluding hydrogens is 314 g/mol. The number of nitrogens with one attached hydrogen (secondary N) is 2. The molecule has 2 amide bonds. The van der Waals surface area contributed by atoms with E-state index in [-0.39, 0.29) is 23.2 Å². The van der Waals surface area contributed by atoms with E-state index in [0.29, 0.717) is 6.54 Å². The first-order valence-electron chi connectivity index (χ1n) is 8.78. The Bertz CT molecular complexity index is 734. The number of amides is 2. The molecule has 0 atom stereocenters. The van der Waals surface area contributed by atoms with Gasteiger partial charge in [0, 0.05) is 12.2 Å². The topological polar surface area (TPSA) is 71.1 Å². The van der Waals surface area contributed by atoms with E-state index in [4.69, 9.17) is 0 Å². The number of anilines is 1. The van der Waals surface area contributed by atoms with Gasteiger partial charge in [-0.15, -0.1) is 0 Å². The highest BCUT2D eigenvalue weighted by atomic mass is 16.2. The van der Waals surface area contributed by atoms with Crippen molar-refractivity contribution in [3.05, 3.63) is 58.9 Å². The molecule has 0 radical (unpaired) electrons. The van der Waals surface area contributed by atoms with Crippen LogP contribution in [0.2, 0.25) is 0 Å². The Labute approximate surface area is 148 Å². The average Bonchev–Trinajstić information content (AvgIpc) is 2.66. The van der Waals surface area contributed by atoms with Crippen LogP contribution >= 0.6 is 0 Å². The monoisotopic (exact) mass is 339 g/mol. The molecule has 0 fully saturated rings. The number of aromatic nitrogens is 1. The quantitative estimate of drug-likeness (QED) is 0.809. The van der Waals surface area contributed by atoms with Crippen LogP contribution in [0.25, 0.3) is 0 Å². The van der Waals surface area contributed by atoms with Crippen molar-refractivity contribution in [2.75, 3.05) is 11.9 Å². The average molecular weight is 339 g/mol. The second-order valence-corrected chi connectivity index (χ2v) is 5.78. The Balaban J connectivity index is 2.23. The molecule has 1 aromatic carbocycles. The van der Waals surface area contributed by atoms with Crippen LogP contribution in [0.5, 0.6) is 0 Å². The summed E-state index contributed by atoms with van der Waals surface area (Å²) in [6.07, 6.45) is 2.51. The lowest BCUT2D eigenvalue weighted by Crippen LogP contribution is -2.26. The zero-order valence-electron chi connectivity index (χ0n) is 15.1. The van der Waals surface area contributed by atoms with Gasteiger partial charge in [-0.05, 0) is 42.5 Å². The van der Waals surface area contributed by atoms with Gasteiger partial charge in [0.05, 0.1) is 0 Å². The molecule has 0 aliphatic carbocycles. The molecule has 0 aliphatic heterocycles. The molecule has 5 nitrogen and oxygen atoms in total. The minimum atomic E-state index is -0.305. The van der Waals surface area contributed by atoms with Crippen molar-refractivity contribution in [1.29, 1.82) is 0 Å². The van der Waals surface area contributed by atoms with Gasteiger partial charge in [0.2, 0.25) is 0 Å². The summed E-state index contributed by atoms with van der Waals surface area (Å²) in [7, 11) is 0. The molecule has 0 saturated carbocycles. The predicted octanol–water partition coefficient (Wildman–Crippen LogP) is 3.60. The fourth-order valence-electron chi connectivity index (χ4n) is 2.60. The maximum absolute atomic E-state index is 12.6. The number of carbonyl (C=O) groups excluding carboxylic acids is 2. The maximum atomic E-state index is 12.6. The van der Waals surface area contributed by atoms with Crippen LogP contribution in [-0.4, -0.2) is 23.3 Å². The number of pyridine rings is 1. The first-order valence-corrected chi connectivity index (χ1v) is 8.78. The number of para-hydroxylation sites is 1. The van der Waals surface area contributed by atoms with E-state index in [2.05, 4.69) is 29.5 Å². The Morgan fingerprint density at radius 2 is 1.44 bits per heavy atom. The highest BCUT2D eigenvalue weighted by Gasteiger charge is 2.15. The lowest BCUT2D eigenvalue weighted by molar-refractivity contribution is 0.0948. The molecular formula is C20H25N3O2. The Morgan fingerprint density at radius 1 is 0.880 bits per heavy atom. The van der Waals surface area contributed by atoms with E-state index < -0.39 is 0 Å². The third kappa shape index (κ3) is 4.66. The Morgan fingerprint density at radius 3 is 2.00 bits per heavy atom. The van der Waals surface area contributed by atoms with Crippen molar-refractivity contribution in [1.82, 2.24) is 10.3 Å². The summed E-state index contributed by atoms with van der Waals surface area (Å²) in [6, 6.07) is 10.9. The molecule has 0 unspecified atom stereocenters. The Hall–Kier alpha value is -2.69. The Kier molecular flexibility index (Phi) is 6.69. The minimum Gasteiger partial charge on any atom is -0.351 e. The van der Waals surface area contributed by atoms with Gasteiger partial charge in [0.25, 0.3) is 11.8 Å². The minimum absolute atomic E-state index is 0.233. The van der Waals surface area contributed by atoms with E-state index in [9.17, 15) is 9.59 Å². The van der Waals surface area contributed by atoms with Crippen LogP contribution in [0.1, 0.15) is 59.3 Å². The third-order valence-corrected chi connectivity index (χ3v) is 3.99. The summed E-state index contributed by atoms with van der Waals surface area (Å²) >= 11 is 0. The number of hydrogen-bond acceptors (Lipinski definition) is 3. The van der Waals surface area contributed by atoms with Gasteiger partial charge in [0.1, 0.15) is 11.4 Å². The molecule has 0 bridgehead atoms. The second kappa shape index (κ2) is 8.97. The highest BCUT2D eigenvalue weighted by Crippen LogP contribution is 2.23. The van der Waals surface area contributed by atoms with Crippen molar-refractivity contribution in [3.63, 3.8) is 0 Å². The predicted molar refractivity (Wildman–Crippen MR) is 100 cm³/mol. The smallest absolute Gasteiger partial charge is 0.274 e. The summed E-state index contributed by atoms with van der Waals surface area (Å²) < 4.78 is 0. The molecule has 0 saturated heterocycles. The van der Waals surface area contributed by atoms with Crippen molar-refractivity contribution in [2.45, 2.75) is 40.0 Å². The molecule has 0 spiro atoms. The van der Waals surface area contributed by atoms with Crippen LogP contribution < -0.4 is 10.6 Å². The van der Waals surface area contributed by atoms with Crippen LogP contribution in [0.15, 0.2) is 36.4 Å². The number of nitrogens with zero attached hydrogens (tertiary/aromatic N) is 1. The molecule has 25 heavy (non-hydrogen) atoms. The number of benzene rings is 1. The van der Waals surface area contributed by atoms with Gasteiger partial charge in [-0.1, -0.05) is 45.0 Å². The normalized spacial score (nSPS) is 10.4. The summed E-state index contributed by atoms with van der Waals surface area (Å²) in [6.45, 7) is 6.68. The molecule has 1 aromatic heterocycles. The molecule has 5 heteroatoms. The van der Waals surface area contributed by atoms with Crippen molar-refractivity contribution in [3.8, 4) is 0 Å². The SMILES string of the molecule is CCCNC(=O)c1cccc(C(=O)Nc2c(CC)cccc2CC)n1. The van der Waals surface area contributed by atoms with Crippen LogP contribution in [-0.2, 0) is 12.8 Å². The second-order valence-electron chi connectivity index (χ2n) is 5.78. The maximum Gasteiger partial charge on any atom is 0.274 e.